The van der Waals surface area contributed by atoms with Crippen LogP contribution in [0.4, 0.5) is 0 Å². The van der Waals surface area contributed by atoms with Crippen molar-refractivity contribution in [3.05, 3.63) is 131 Å². The number of fused-ring (bicyclic) bond motifs is 3. The summed E-state index contributed by atoms with van der Waals surface area (Å²) in [7, 11) is 0. The van der Waals surface area contributed by atoms with Crippen LogP contribution in [0.3, 0.4) is 0 Å². The Balaban J connectivity index is 0.00000549. The van der Waals surface area contributed by atoms with Crippen molar-refractivity contribution in [1.29, 1.82) is 0 Å². The molecule has 298 valence electrons. The monoisotopic (exact) mass is 937 g/mol. The number of ether oxygens (including phenoxy) is 1. The second kappa shape index (κ2) is 16.1. The average Bonchev–Trinajstić information content (AvgIpc) is 3.73. The molecule has 0 saturated carbocycles. The molecule has 0 fully saturated rings. The summed E-state index contributed by atoms with van der Waals surface area (Å²) in [6, 6.07) is 29.7. The van der Waals surface area contributed by atoms with Crippen LogP contribution in [0.15, 0.2) is 85.3 Å². The van der Waals surface area contributed by atoms with Gasteiger partial charge in [0, 0.05) is 35.0 Å². The minimum Gasteiger partial charge on any atom is -0.509 e. The van der Waals surface area contributed by atoms with Crippen molar-refractivity contribution >= 4 is 21.8 Å². The fourth-order valence-electron chi connectivity index (χ4n) is 8.76. The predicted molar refractivity (Wildman–Crippen MR) is 234 cm³/mol. The number of rotatable bonds is 9. The molecule has 0 N–H and O–H groups in total. The summed E-state index contributed by atoms with van der Waals surface area (Å²) in [6.45, 7) is 28.3. The van der Waals surface area contributed by atoms with Gasteiger partial charge in [0.05, 0.1) is 6.20 Å². The molecule has 7 aromatic rings. The molecule has 3 aromatic heterocycles. The molecular weight excluding hydrogens is 880 g/mol. The Hall–Kier alpha value is -4.47. The quantitative estimate of drug-likeness (QED) is 0.136. The SMILES string of the molecule is CCCc1c(-c2cnn(-c3[c-]c(Oc4[c-]c5c(cc4)c4ccccc4n5-c4cc(C)ccn4)ccc3)c2)c(CCC)c(C(C)(C)C)c(C(C)(C)C)c1C(C)(C)C.[Pt+2]. The van der Waals surface area contributed by atoms with Gasteiger partial charge < -0.3 is 9.30 Å². The van der Waals surface area contributed by atoms with Crippen LogP contribution in [0.5, 0.6) is 11.5 Å². The first kappa shape index (κ1) is 42.1. The Bertz CT molecular complexity index is 2510. The van der Waals surface area contributed by atoms with E-state index >= 15 is 0 Å². The summed E-state index contributed by atoms with van der Waals surface area (Å²) >= 11 is 0. The fraction of sp³-hybridized carbons (Fsp3) is 0.373. The Labute approximate surface area is 355 Å². The van der Waals surface area contributed by atoms with E-state index < -0.39 is 0 Å². The van der Waals surface area contributed by atoms with Crippen LogP contribution in [0.2, 0.25) is 0 Å². The van der Waals surface area contributed by atoms with Gasteiger partial charge >= 0.3 is 21.1 Å². The first-order valence-electron chi connectivity index (χ1n) is 20.4. The third kappa shape index (κ3) is 8.15. The maximum Gasteiger partial charge on any atom is 2.00 e. The van der Waals surface area contributed by atoms with E-state index in [1.54, 1.807) is 0 Å². The molecule has 57 heavy (non-hydrogen) atoms. The zero-order chi connectivity index (χ0) is 40.2. The van der Waals surface area contributed by atoms with E-state index in [2.05, 4.69) is 149 Å². The van der Waals surface area contributed by atoms with E-state index in [4.69, 9.17) is 14.8 Å². The van der Waals surface area contributed by atoms with Crippen molar-refractivity contribution in [2.24, 2.45) is 0 Å². The molecule has 0 unspecified atom stereocenters. The van der Waals surface area contributed by atoms with Crippen LogP contribution in [-0.4, -0.2) is 19.3 Å². The summed E-state index contributed by atoms with van der Waals surface area (Å²) in [5.74, 6) is 2.07. The number of benzene rings is 4. The van der Waals surface area contributed by atoms with Gasteiger partial charge in [-0.3, -0.25) is 4.68 Å². The molecular formula is C51H58N4OPt. The number of aromatic nitrogens is 4. The summed E-state index contributed by atoms with van der Waals surface area (Å²) in [5.41, 5.74) is 13.9. The van der Waals surface area contributed by atoms with E-state index in [1.165, 1.54) is 33.4 Å². The van der Waals surface area contributed by atoms with Crippen molar-refractivity contribution in [2.75, 3.05) is 0 Å². The Morgan fingerprint density at radius 2 is 1.32 bits per heavy atom. The first-order valence-corrected chi connectivity index (χ1v) is 20.4. The zero-order valence-corrected chi connectivity index (χ0v) is 38.2. The second-order valence-corrected chi connectivity index (χ2v) is 18.5. The van der Waals surface area contributed by atoms with E-state index in [0.717, 1.165) is 70.1 Å². The summed E-state index contributed by atoms with van der Waals surface area (Å²) < 4.78 is 10.6. The molecule has 0 aliphatic rings. The molecule has 0 bridgehead atoms. The number of hydrogen-bond acceptors (Lipinski definition) is 3. The molecule has 0 aliphatic heterocycles. The zero-order valence-electron chi connectivity index (χ0n) is 35.9. The average molecular weight is 938 g/mol. The van der Waals surface area contributed by atoms with Crippen molar-refractivity contribution in [1.82, 2.24) is 19.3 Å². The number of nitrogens with zero attached hydrogens (tertiary/aromatic N) is 4. The maximum absolute atomic E-state index is 6.52. The second-order valence-electron chi connectivity index (χ2n) is 18.5. The van der Waals surface area contributed by atoms with Crippen molar-refractivity contribution < 1.29 is 25.8 Å². The van der Waals surface area contributed by atoms with Crippen molar-refractivity contribution in [3.8, 4) is 34.1 Å². The van der Waals surface area contributed by atoms with Crippen LogP contribution in [-0.2, 0) is 50.2 Å². The minimum atomic E-state index is -0.0347. The predicted octanol–water partition coefficient (Wildman–Crippen LogP) is 13.5. The standard InChI is InChI=1S/C51H58N4O.Pt/c1-13-18-40-45(41(19-14-2)47(50(7,8)9)48(51(10,11)12)46(40)49(4,5)6)34-31-53-54(32-34)35-20-17-21-36(29-35)56-37-24-25-39-38-22-15-16-23-42(38)55(43(39)30-37)44-28-33(3)26-27-52-44;/h15-17,20-28,31-32H,13-14,18-19H2,1-12H3;/q-2;+2. The third-order valence-electron chi connectivity index (χ3n) is 10.7. The summed E-state index contributed by atoms with van der Waals surface area (Å²) in [4.78, 5) is 4.73. The topological polar surface area (TPSA) is 44.9 Å². The molecule has 7 rings (SSSR count). The molecule has 3 heterocycles. The van der Waals surface area contributed by atoms with Gasteiger partial charge in [0.2, 0.25) is 0 Å². The molecule has 5 nitrogen and oxygen atoms in total. The Morgan fingerprint density at radius 1 is 0.684 bits per heavy atom. The first-order chi connectivity index (χ1) is 26.5. The molecule has 0 amide bonds. The molecule has 0 aliphatic carbocycles. The van der Waals surface area contributed by atoms with E-state index in [-0.39, 0.29) is 37.3 Å². The molecule has 0 spiro atoms. The van der Waals surface area contributed by atoms with Crippen molar-refractivity contribution in [2.45, 2.75) is 125 Å². The third-order valence-corrected chi connectivity index (χ3v) is 10.7. The van der Waals surface area contributed by atoms with Crippen LogP contribution in [0.25, 0.3) is 44.4 Å². The van der Waals surface area contributed by atoms with Crippen LogP contribution >= 0.6 is 0 Å². The minimum absolute atomic E-state index is 0. The number of hydrogen-bond donors (Lipinski definition) is 0. The van der Waals surface area contributed by atoms with Gasteiger partial charge in [-0.1, -0.05) is 113 Å². The number of para-hydroxylation sites is 1. The van der Waals surface area contributed by atoms with E-state index in [9.17, 15) is 0 Å². The van der Waals surface area contributed by atoms with Gasteiger partial charge in [-0.15, -0.1) is 35.7 Å². The maximum atomic E-state index is 6.52. The van der Waals surface area contributed by atoms with Gasteiger partial charge in [0.1, 0.15) is 5.82 Å². The fourth-order valence-corrected chi connectivity index (χ4v) is 8.76. The summed E-state index contributed by atoms with van der Waals surface area (Å²) in [5, 5.41) is 7.25. The Kier molecular flexibility index (Phi) is 11.9. The van der Waals surface area contributed by atoms with Crippen LogP contribution in [0.1, 0.15) is 122 Å². The smallest absolute Gasteiger partial charge is 0.509 e. The van der Waals surface area contributed by atoms with Crippen LogP contribution in [0, 0.1) is 19.1 Å². The molecule has 6 heteroatoms. The van der Waals surface area contributed by atoms with Gasteiger partial charge in [0.15, 0.2) is 0 Å². The van der Waals surface area contributed by atoms with E-state index in [1.807, 2.05) is 41.2 Å². The van der Waals surface area contributed by atoms with Crippen molar-refractivity contribution in [3.63, 3.8) is 0 Å². The molecule has 0 atom stereocenters. The molecule has 0 saturated heterocycles. The van der Waals surface area contributed by atoms with Gasteiger partial charge in [0.25, 0.3) is 0 Å². The van der Waals surface area contributed by atoms with Gasteiger partial charge in [-0.2, -0.15) is 17.2 Å². The summed E-state index contributed by atoms with van der Waals surface area (Å²) in [6.07, 6.45) is 10.3. The number of pyridine rings is 1. The van der Waals surface area contributed by atoms with E-state index in [0.29, 0.717) is 11.5 Å². The largest absolute Gasteiger partial charge is 2.00 e. The van der Waals surface area contributed by atoms with Crippen LogP contribution < -0.4 is 4.74 Å². The van der Waals surface area contributed by atoms with Gasteiger partial charge in [-0.25, -0.2) is 4.98 Å². The van der Waals surface area contributed by atoms with Gasteiger partial charge in [-0.05, 0) is 104 Å². The molecule has 4 aromatic carbocycles. The molecule has 0 radical (unpaired) electrons. The number of aryl methyl sites for hydroxylation is 1. The normalized spacial score (nSPS) is 12.4. The Morgan fingerprint density at radius 3 is 1.93 bits per heavy atom.